The summed E-state index contributed by atoms with van der Waals surface area (Å²) in [7, 11) is 0. The molecule has 1 atom stereocenters. The molecule has 0 aromatic carbocycles. The van der Waals surface area contributed by atoms with Gasteiger partial charge < -0.3 is 35.7 Å². The SMILES string of the molecule is CC(=CC(C)C(CO)(CO)CO)C(=O)O.CCC(CO)(CO)CO. The van der Waals surface area contributed by atoms with Gasteiger partial charge in [0.05, 0.1) is 39.6 Å². The van der Waals surface area contributed by atoms with Gasteiger partial charge in [-0.25, -0.2) is 4.79 Å². The summed E-state index contributed by atoms with van der Waals surface area (Å²) in [5.41, 5.74) is -1.61. The van der Waals surface area contributed by atoms with Gasteiger partial charge in [0.15, 0.2) is 0 Å². The average molecular weight is 352 g/mol. The van der Waals surface area contributed by atoms with Crippen molar-refractivity contribution in [3.05, 3.63) is 11.6 Å². The van der Waals surface area contributed by atoms with Gasteiger partial charge in [-0.15, -0.1) is 0 Å². The van der Waals surface area contributed by atoms with E-state index in [2.05, 4.69) is 0 Å². The quantitative estimate of drug-likeness (QED) is 0.246. The van der Waals surface area contributed by atoms with E-state index in [0.29, 0.717) is 6.42 Å². The lowest BCUT2D eigenvalue weighted by atomic mass is 9.77. The normalized spacial score (nSPS) is 14.0. The van der Waals surface area contributed by atoms with E-state index in [1.807, 2.05) is 6.92 Å². The predicted octanol–water partition coefficient (Wildman–Crippen LogP) is -1.02. The third-order valence-electron chi connectivity index (χ3n) is 4.50. The molecule has 8 nitrogen and oxygen atoms in total. The Morgan fingerprint density at radius 1 is 0.917 bits per heavy atom. The summed E-state index contributed by atoms with van der Waals surface area (Å²) in [6, 6.07) is 0. The summed E-state index contributed by atoms with van der Waals surface area (Å²) < 4.78 is 0. The minimum atomic E-state index is -1.07. The first-order valence-corrected chi connectivity index (χ1v) is 7.75. The van der Waals surface area contributed by atoms with Gasteiger partial charge in [0, 0.05) is 16.4 Å². The Hall–Kier alpha value is -1.03. The predicted molar refractivity (Wildman–Crippen MR) is 88.2 cm³/mol. The number of aliphatic carboxylic acids is 1. The molecule has 0 rings (SSSR count). The number of hydrogen-bond acceptors (Lipinski definition) is 7. The van der Waals surface area contributed by atoms with E-state index < -0.39 is 42.5 Å². The summed E-state index contributed by atoms with van der Waals surface area (Å²) >= 11 is 0. The Morgan fingerprint density at radius 2 is 1.29 bits per heavy atom. The van der Waals surface area contributed by atoms with Gasteiger partial charge in [-0.1, -0.05) is 19.9 Å². The lowest BCUT2D eigenvalue weighted by Gasteiger charge is -2.32. The molecule has 24 heavy (non-hydrogen) atoms. The molecule has 0 aliphatic heterocycles. The van der Waals surface area contributed by atoms with Gasteiger partial charge >= 0.3 is 5.97 Å². The van der Waals surface area contributed by atoms with Crippen molar-refractivity contribution in [2.45, 2.75) is 27.2 Å². The van der Waals surface area contributed by atoms with Crippen LogP contribution in [0.15, 0.2) is 11.6 Å². The summed E-state index contributed by atoms with van der Waals surface area (Å²) in [4.78, 5) is 10.6. The molecule has 144 valence electrons. The number of carboxylic acid groups (broad SMARTS) is 1. The highest BCUT2D eigenvalue weighted by atomic mass is 16.4. The number of rotatable bonds is 10. The highest BCUT2D eigenvalue weighted by Gasteiger charge is 2.33. The summed E-state index contributed by atoms with van der Waals surface area (Å²) in [5.74, 6) is -1.47. The molecule has 0 aromatic heterocycles. The van der Waals surface area contributed by atoms with E-state index >= 15 is 0 Å². The van der Waals surface area contributed by atoms with Crippen molar-refractivity contribution in [2.75, 3.05) is 39.6 Å². The molecular weight excluding hydrogens is 320 g/mol. The van der Waals surface area contributed by atoms with Crippen molar-refractivity contribution in [2.24, 2.45) is 16.7 Å². The summed E-state index contributed by atoms with van der Waals surface area (Å²) in [6.45, 7) is 3.23. The molecule has 1 unspecified atom stereocenters. The molecule has 0 bridgehead atoms. The van der Waals surface area contributed by atoms with Crippen LogP contribution in [0.25, 0.3) is 0 Å². The first kappa shape index (κ1) is 25.2. The first-order valence-electron chi connectivity index (χ1n) is 7.75. The fourth-order valence-corrected chi connectivity index (χ4v) is 1.69. The van der Waals surface area contributed by atoms with Gasteiger partial charge in [0.25, 0.3) is 0 Å². The molecule has 0 amide bonds. The van der Waals surface area contributed by atoms with Crippen LogP contribution in [-0.4, -0.2) is 81.4 Å². The van der Waals surface area contributed by atoms with Crippen LogP contribution in [0.2, 0.25) is 0 Å². The van der Waals surface area contributed by atoms with E-state index in [0.717, 1.165) is 0 Å². The van der Waals surface area contributed by atoms with Gasteiger partial charge in [-0.3, -0.25) is 0 Å². The van der Waals surface area contributed by atoms with Crippen LogP contribution in [0.4, 0.5) is 0 Å². The zero-order valence-corrected chi connectivity index (χ0v) is 14.6. The molecule has 0 saturated heterocycles. The Kier molecular flexibility index (Phi) is 13.0. The maximum Gasteiger partial charge on any atom is 0.330 e. The van der Waals surface area contributed by atoms with Crippen LogP contribution >= 0.6 is 0 Å². The van der Waals surface area contributed by atoms with Crippen molar-refractivity contribution in [1.82, 2.24) is 0 Å². The van der Waals surface area contributed by atoms with Crippen molar-refractivity contribution in [3.63, 3.8) is 0 Å². The van der Waals surface area contributed by atoms with Crippen LogP contribution < -0.4 is 0 Å². The fraction of sp³-hybridized carbons (Fsp3) is 0.812. The van der Waals surface area contributed by atoms with Crippen molar-refractivity contribution < 1.29 is 40.5 Å². The van der Waals surface area contributed by atoms with Gasteiger partial charge in [-0.2, -0.15) is 0 Å². The van der Waals surface area contributed by atoms with Crippen molar-refractivity contribution >= 4 is 5.97 Å². The molecule has 8 heteroatoms. The second kappa shape index (κ2) is 12.3. The molecule has 0 heterocycles. The third-order valence-corrected chi connectivity index (χ3v) is 4.50. The highest BCUT2D eigenvalue weighted by Crippen LogP contribution is 2.28. The molecule has 0 saturated carbocycles. The zero-order valence-electron chi connectivity index (χ0n) is 14.6. The van der Waals surface area contributed by atoms with Crippen LogP contribution in [-0.2, 0) is 4.79 Å². The number of aliphatic hydroxyl groups excluding tert-OH is 6. The highest BCUT2D eigenvalue weighted by molar-refractivity contribution is 5.85. The molecule has 7 N–H and O–H groups in total. The lowest BCUT2D eigenvalue weighted by molar-refractivity contribution is -0.132. The lowest BCUT2D eigenvalue weighted by Crippen LogP contribution is -2.39. The Bertz CT molecular complexity index is 346. The monoisotopic (exact) mass is 352 g/mol. The van der Waals surface area contributed by atoms with E-state index in [1.165, 1.54) is 13.0 Å². The van der Waals surface area contributed by atoms with E-state index in [4.69, 9.17) is 35.7 Å². The minimum Gasteiger partial charge on any atom is -0.478 e. The first-order chi connectivity index (χ1) is 11.2. The van der Waals surface area contributed by atoms with E-state index in [9.17, 15) is 4.79 Å². The number of hydrogen-bond donors (Lipinski definition) is 7. The van der Waals surface area contributed by atoms with E-state index in [-0.39, 0.29) is 25.4 Å². The number of carboxylic acids is 1. The van der Waals surface area contributed by atoms with Crippen LogP contribution in [0.5, 0.6) is 0 Å². The van der Waals surface area contributed by atoms with E-state index in [1.54, 1.807) is 6.92 Å². The van der Waals surface area contributed by atoms with Crippen LogP contribution in [0, 0.1) is 16.7 Å². The van der Waals surface area contributed by atoms with Gasteiger partial charge in [0.1, 0.15) is 0 Å². The standard InChI is InChI=1S/C10H18O5.C6H14O3/c1-7(9(14)15)3-8(2)10(4-11,5-12)6-13;1-2-6(3-7,4-8)5-9/h3,8,11-13H,4-6H2,1-2H3,(H,14,15);7-9H,2-5H2,1H3. The second-order valence-electron chi connectivity index (χ2n) is 6.11. The van der Waals surface area contributed by atoms with Crippen LogP contribution in [0.1, 0.15) is 27.2 Å². The Balaban J connectivity index is 0. The summed E-state index contributed by atoms with van der Waals surface area (Å²) in [6.07, 6.45) is 2.02. The minimum absolute atomic E-state index is 0.127. The molecular formula is C16H32O8. The maximum absolute atomic E-state index is 10.6. The largest absolute Gasteiger partial charge is 0.478 e. The van der Waals surface area contributed by atoms with Crippen LogP contribution in [0.3, 0.4) is 0 Å². The third kappa shape index (κ3) is 7.25. The summed E-state index contributed by atoms with van der Waals surface area (Å²) in [5, 5.41) is 61.9. The number of carbonyl (C=O) groups is 1. The van der Waals surface area contributed by atoms with Crippen molar-refractivity contribution in [1.29, 1.82) is 0 Å². The number of aliphatic hydroxyl groups is 6. The molecule has 0 radical (unpaired) electrons. The average Bonchev–Trinajstić information content (AvgIpc) is 2.60. The number of allylic oxidation sites excluding steroid dienone is 1. The van der Waals surface area contributed by atoms with Gasteiger partial charge in [-0.05, 0) is 19.3 Å². The molecule has 0 fully saturated rings. The van der Waals surface area contributed by atoms with Gasteiger partial charge in [0.2, 0.25) is 0 Å². The maximum atomic E-state index is 10.6. The Labute approximate surface area is 142 Å². The Morgan fingerprint density at radius 3 is 1.46 bits per heavy atom. The van der Waals surface area contributed by atoms with Crippen molar-refractivity contribution in [3.8, 4) is 0 Å². The molecule has 0 aromatic rings. The topological polar surface area (TPSA) is 159 Å². The second-order valence-corrected chi connectivity index (χ2v) is 6.11. The molecule has 0 spiro atoms. The fourth-order valence-electron chi connectivity index (χ4n) is 1.69. The smallest absolute Gasteiger partial charge is 0.330 e. The molecule has 0 aliphatic rings. The zero-order chi connectivity index (χ0) is 19.4. The molecule has 0 aliphatic carbocycles.